The van der Waals surface area contributed by atoms with E-state index < -0.39 is 11.8 Å². The first-order valence-corrected chi connectivity index (χ1v) is 13.0. The summed E-state index contributed by atoms with van der Waals surface area (Å²) in [7, 11) is 1.52. The average molecular weight is 549 g/mol. The van der Waals surface area contributed by atoms with Crippen LogP contribution in [0.2, 0.25) is 5.02 Å². The van der Waals surface area contributed by atoms with Crippen molar-refractivity contribution in [2.75, 3.05) is 23.5 Å². The summed E-state index contributed by atoms with van der Waals surface area (Å²) >= 11 is 7.33. The maximum absolute atomic E-state index is 13.5. The van der Waals surface area contributed by atoms with E-state index in [0.717, 1.165) is 5.56 Å². The van der Waals surface area contributed by atoms with Crippen LogP contribution in [-0.2, 0) is 9.59 Å². The number of hydrogen-bond acceptors (Lipinski definition) is 7. The highest BCUT2D eigenvalue weighted by atomic mass is 35.5. The van der Waals surface area contributed by atoms with Crippen molar-refractivity contribution in [2.45, 2.75) is 19.8 Å². The number of benzene rings is 2. The fourth-order valence-corrected chi connectivity index (χ4v) is 5.14. The zero-order valence-electron chi connectivity index (χ0n) is 20.9. The van der Waals surface area contributed by atoms with E-state index in [2.05, 4.69) is 22.0 Å². The third-order valence-electron chi connectivity index (χ3n) is 5.96. The molecule has 38 heavy (non-hydrogen) atoms. The molecule has 1 unspecified atom stereocenters. The number of allylic oxidation sites excluding steroid dienone is 2. The van der Waals surface area contributed by atoms with Crippen molar-refractivity contribution in [3.8, 4) is 11.8 Å². The van der Waals surface area contributed by atoms with Crippen LogP contribution in [0.3, 0.4) is 0 Å². The standard InChI is InChI=1S/C28H25ClN4O4S/c1-16-19(29)8-6-10-20(16)32-24(34)15-38-28-18(14-30)26(23-12-7-13-37-23)25(17(2)31-28)27(35)33-21-9-4-5-11-22(21)36-3/h4-13,26,31H,15H2,1-3H3,(H,32,34)(H,33,35). The molecule has 0 saturated heterocycles. The number of amides is 2. The third kappa shape index (κ3) is 5.72. The second-order valence-electron chi connectivity index (χ2n) is 8.37. The van der Waals surface area contributed by atoms with E-state index in [-0.39, 0.29) is 17.2 Å². The second kappa shape index (κ2) is 11.9. The highest BCUT2D eigenvalue weighted by molar-refractivity contribution is 8.03. The van der Waals surface area contributed by atoms with Gasteiger partial charge in [0.1, 0.15) is 11.5 Å². The largest absolute Gasteiger partial charge is 0.495 e. The number of furan rings is 1. The molecule has 0 spiro atoms. The molecular weight excluding hydrogens is 524 g/mol. The number of methoxy groups -OCH3 is 1. The van der Waals surface area contributed by atoms with Crippen LogP contribution in [0.15, 0.2) is 87.1 Å². The summed E-state index contributed by atoms with van der Waals surface area (Å²) in [6.07, 6.45) is 1.49. The highest BCUT2D eigenvalue weighted by Crippen LogP contribution is 2.41. The molecule has 0 fully saturated rings. The number of carbonyl (C=O) groups excluding carboxylic acids is 2. The first-order chi connectivity index (χ1) is 18.3. The van der Waals surface area contributed by atoms with Gasteiger partial charge in [-0.3, -0.25) is 9.59 Å². The maximum atomic E-state index is 13.5. The number of ether oxygens (including phenoxy) is 1. The van der Waals surface area contributed by atoms with Gasteiger partial charge >= 0.3 is 0 Å². The zero-order chi connectivity index (χ0) is 27.2. The Morgan fingerprint density at radius 2 is 1.87 bits per heavy atom. The van der Waals surface area contributed by atoms with Gasteiger partial charge in [-0.15, -0.1) is 0 Å². The van der Waals surface area contributed by atoms with E-state index in [1.54, 1.807) is 61.5 Å². The van der Waals surface area contributed by atoms with Gasteiger partial charge in [0.2, 0.25) is 5.91 Å². The molecule has 1 atom stereocenters. The summed E-state index contributed by atoms with van der Waals surface area (Å²) in [5.74, 6) is -0.475. The number of nitriles is 1. The number of thioether (sulfide) groups is 1. The summed E-state index contributed by atoms with van der Waals surface area (Å²) in [6.45, 7) is 3.57. The molecule has 10 heteroatoms. The molecule has 1 aromatic heterocycles. The Bertz CT molecular complexity index is 1470. The number of rotatable bonds is 8. The minimum absolute atomic E-state index is 0.0281. The lowest BCUT2D eigenvalue weighted by molar-refractivity contribution is -0.114. The van der Waals surface area contributed by atoms with Gasteiger partial charge in [-0.2, -0.15) is 5.26 Å². The van der Waals surface area contributed by atoms with Crippen LogP contribution in [0.4, 0.5) is 11.4 Å². The van der Waals surface area contributed by atoms with Crippen molar-refractivity contribution in [1.29, 1.82) is 5.26 Å². The van der Waals surface area contributed by atoms with Crippen molar-refractivity contribution in [2.24, 2.45) is 0 Å². The molecular formula is C28H25ClN4O4S. The molecule has 1 aliphatic rings. The van der Waals surface area contributed by atoms with Gasteiger partial charge in [0.25, 0.3) is 5.91 Å². The number of para-hydroxylation sites is 2. The van der Waals surface area contributed by atoms with Gasteiger partial charge in [-0.1, -0.05) is 41.6 Å². The lowest BCUT2D eigenvalue weighted by Crippen LogP contribution is -2.31. The van der Waals surface area contributed by atoms with E-state index in [1.807, 2.05) is 6.92 Å². The minimum Gasteiger partial charge on any atom is -0.495 e. The van der Waals surface area contributed by atoms with Crippen LogP contribution in [-0.4, -0.2) is 24.7 Å². The van der Waals surface area contributed by atoms with Gasteiger partial charge in [0.05, 0.1) is 53.0 Å². The van der Waals surface area contributed by atoms with Crippen molar-refractivity contribution in [3.05, 3.63) is 99.1 Å². The SMILES string of the molecule is COc1ccccc1NC(=O)C1=C(C)NC(SCC(=O)Nc2cccc(Cl)c2C)=C(C#N)C1c1ccco1. The Morgan fingerprint density at radius 3 is 2.58 bits per heavy atom. The molecule has 0 aliphatic carbocycles. The van der Waals surface area contributed by atoms with Gasteiger partial charge in [-0.05, 0) is 55.8 Å². The Labute approximate surface area is 229 Å². The van der Waals surface area contributed by atoms with E-state index in [1.165, 1.54) is 25.1 Å². The summed E-state index contributed by atoms with van der Waals surface area (Å²) in [5.41, 5.74) is 3.01. The van der Waals surface area contributed by atoms with Crippen LogP contribution in [0.5, 0.6) is 5.75 Å². The number of carbonyl (C=O) groups is 2. The predicted octanol–water partition coefficient (Wildman–Crippen LogP) is 5.96. The molecule has 1 aliphatic heterocycles. The number of dihydropyridines is 1. The van der Waals surface area contributed by atoms with Gasteiger partial charge in [-0.25, -0.2) is 0 Å². The molecule has 3 aromatic rings. The maximum Gasteiger partial charge on any atom is 0.254 e. The van der Waals surface area contributed by atoms with Crippen LogP contribution < -0.4 is 20.7 Å². The summed E-state index contributed by atoms with van der Waals surface area (Å²) < 4.78 is 11.0. The van der Waals surface area contributed by atoms with Crippen LogP contribution in [0.25, 0.3) is 0 Å². The zero-order valence-corrected chi connectivity index (χ0v) is 22.5. The number of halogens is 1. The quantitative estimate of drug-likeness (QED) is 0.318. The fourth-order valence-electron chi connectivity index (χ4n) is 4.07. The molecule has 3 N–H and O–H groups in total. The van der Waals surface area contributed by atoms with Crippen molar-refractivity contribution in [3.63, 3.8) is 0 Å². The number of nitrogens with zero attached hydrogens (tertiary/aromatic N) is 1. The third-order valence-corrected chi connectivity index (χ3v) is 7.39. The lowest BCUT2D eigenvalue weighted by Gasteiger charge is -2.28. The Hall–Kier alpha value is -4.13. The van der Waals surface area contributed by atoms with E-state index in [4.69, 9.17) is 20.8 Å². The van der Waals surface area contributed by atoms with Gasteiger partial charge in [0, 0.05) is 16.4 Å². The Morgan fingerprint density at radius 1 is 1.11 bits per heavy atom. The van der Waals surface area contributed by atoms with Gasteiger partial charge < -0.3 is 25.1 Å². The first-order valence-electron chi connectivity index (χ1n) is 11.6. The molecule has 0 radical (unpaired) electrons. The fraction of sp³-hybridized carbons (Fsp3) is 0.179. The predicted molar refractivity (Wildman–Crippen MR) is 149 cm³/mol. The average Bonchev–Trinajstić information content (AvgIpc) is 3.44. The monoisotopic (exact) mass is 548 g/mol. The molecule has 2 aromatic carbocycles. The van der Waals surface area contributed by atoms with Gasteiger partial charge in [0.15, 0.2) is 0 Å². The highest BCUT2D eigenvalue weighted by Gasteiger charge is 2.36. The van der Waals surface area contributed by atoms with E-state index >= 15 is 0 Å². The van der Waals surface area contributed by atoms with E-state index in [0.29, 0.717) is 44.2 Å². The molecule has 194 valence electrons. The molecule has 2 heterocycles. The normalized spacial score (nSPS) is 15.0. The Kier molecular flexibility index (Phi) is 8.46. The van der Waals surface area contributed by atoms with Crippen molar-refractivity contribution in [1.82, 2.24) is 5.32 Å². The molecule has 4 rings (SSSR count). The summed E-state index contributed by atoms with van der Waals surface area (Å²) in [4.78, 5) is 26.3. The second-order valence-corrected chi connectivity index (χ2v) is 9.76. The molecule has 8 nitrogen and oxygen atoms in total. The van der Waals surface area contributed by atoms with Crippen LogP contribution >= 0.6 is 23.4 Å². The lowest BCUT2D eigenvalue weighted by atomic mass is 9.85. The van der Waals surface area contributed by atoms with Crippen molar-refractivity contribution < 1.29 is 18.7 Å². The minimum atomic E-state index is -0.772. The number of nitrogens with one attached hydrogen (secondary N) is 3. The summed E-state index contributed by atoms with van der Waals surface area (Å²) in [5, 5.41) is 20.1. The number of anilines is 2. The Balaban J connectivity index is 1.60. The summed E-state index contributed by atoms with van der Waals surface area (Å²) in [6, 6.07) is 18.0. The van der Waals surface area contributed by atoms with Crippen LogP contribution in [0, 0.1) is 18.3 Å². The first kappa shape index (κ1) is 26.9. The molecule has 2 amide bonds. The van der Waals surface area contributed by atoms with Crippen molar-refractivity contribution >= 4 is 46.6 Å². The molecule has 0 saturated carbocycles. The molecule has 0 bridgehead atoms. The smallest absolute Gasteiger partial charge is 0.254 e. The van der Waals surface area contributed by atoms with E-state index in [9.17, 15) is 14.9 Å². The topological polar surface area (TPSA) is 116 Å². The number of hydrogen-bond donors (Lipinski definition) is 3. The van der Waals surface area contributed by atoms with Crippen LogP contribution in [0.1, 0.15) is 24.2 Å².